The first-order valence-corrected chi connectivity index (χ1v) is 8.30. The van der Waals surface area contributed by atoms with Gasteiger partial charge in [-0.1, -0.05) is 29.8 Å². The Morgan fingerprint density at radius 2 is 1.93 bits per heavy atom. The van der Waals surface area contributed by atoms with Crippen molar-refractivity contribution in [2.75, 3.05) is 26.0 Å². The van der Waals surface area contributed by atoms with E-state index in [-0.39, 0.29) is 11.3 Å². The average molecular weight is 392 g/mol. The van der Waals surface area contributed by atoms with E-state index in [0.29, 0.717) is 17.3 Å². The summed E-state index contributed by atoms with van der Waals surface area (Å²) in [6.07, 6.45) is 0. The largest absolute Gasteiger partial charge is 0.452 e. The van der Waals surface area contributed by atoms with Gasteiger partial charge in [-0.15, -0.1) is 0 Å². The van der Waals surface area contributed by atoms with E-state index in [2.05, 4.69) is 5.32 Å². The Morgan fingerprint density at radius 1 is 1.22 bits per heavy atom. The standard InChI is InChI=1S/C18H18ClN3O5/c1-21(2)17(23)11-27-18(24)14-9-13(22(25)26)7-8-16(14)20-10-12-5-3-4-6-15(12)19/h3-9,20H,10-11H2,1-2H3. The van der Waals surface area contributed by atoms with Crippen LogP contribution in [0.4, 0.5) is 11.4 Å². The lowest BCUT2D eigenvalue weighted by Gasteiger charge is -2.14. The van der Waals surface area contributed by atoms with E-state index in [1.54, 1.807) is 12.1 Å². The van der Waals surface area contributed by atoms with Gasteiger partial charge in [0, 0.05) is 43.5 Å². The number of hydrogen-bond donors (Lipinski definition) is 1. The molecule has 0 radical (unpaired) electrons. The fourth-order valence-electron chi connectivity index (χ4n) is 2.14. The molecule has 0 fully saturated rings. The maximum absolute atomic E-state index is 12.4. The molecule has 0 saturated heterocycles. The predicted molar refractivity (Wildman–Crippen MR) is 101 cm³/mol. The number of esters is 1. The number of amides is 1. The molecule has 0 bridgehead atoms. The lowest BCUT2D eigenvalue weighted by Crippen LogP contribution is -2.27. The van der Waals surface area contributed by atoms with Crippen LogP contribution in [0.3, 0.4) is 0 Å². The van der Waals surface area contributed by atoms with E-state index in [1.165, 1.54) is 31.1 Å². The molecule has 0 aliphatic rings. The Morgan fingerprint density at radius 3 is 2.56 bits per heavy atom. The Bertz CT molecular complexity index is 870. The number of nitro benzene ring substituents is 1. The fourth-order valence-corrected chi connectivity index (χ4v) is 2.34. The highest BCUT2D eigenvalue weighted by atomic mass is 35.5. The zero-order valence-corrected chi connectivity index (χ0v) is 15.5. The molecule has 0 heterocycles. The van der Waals surface area contributed by atoms with Crippen LogP contribution in [0.1, 0.15) is 15.9 Å². The second kappa shape index (κ2) is 9.00. The van der Waals surface area contributed by atoms with Crippen LogP contribution in [0.15, 0.2) is 42.5 Å². The number of nitrogens with zero attached hydrogens (tertiary/aromatic N) is 2. The number of hydrogen-bond acceptors (Lipinski definition) is 6. The van der Waals surface area contributed by atoms with E-state index in [4.69, 9.17) is 16.3 Å². The summed E-state index contributed by atoms with van der Waals surface area (Å²) >= 11 is 6.11. The summed E-state index contributed by atoms with van der Waals surface area (Å²) in [5.74, 6) is -1.24. The van der Waals surface area contributed by atoms with Crippen molar-refractivity contribution in [3.63, 3.8) is 0 Å². The Labute approximate surface area is 160 Å². The molecule has 0 spiro atoms. The van der Waals surface area contributed by atoms with Crippen LogP contribution >= 0.6 is 11.6 Å². The van der Waals surface area contributed by atoms with Crippen molar-refractivity contribution < 1.29 is 19.2 Å². The van der Waals surface area contributed by atoms with Crippen LogP contribution in [0.2, 0.25) is 5.02 Å². The molecule has 2 aromatic rings. The van der Waals surface area contributed by atoms with Gasteiger partial charge in [0.2, 0.25) is 0 Å². The van der Waals surface area contributed by atoms with Gasteiger partial charge in [0.1, 0.15) is 0 Å². The Balaban J connectivity index is 2.23. The highest BCUT2D eigenvalue weighted by molar-refractivity contribution is 6.31. The number of non-ortho nitro benzene ring substituents is 1. The highest BCUT2D eigenvalue weighted by Gasteiger charge is 2.19. The molecule has 8 nitrogen and oxygen atoms in total. The van der Waals surface area contributed by atoms with E-state index < -0.39 is 23.4 Å². The van der Waals surface area contributed by atoms with Crippen molar-refractivity contribution in [3.05, 3.63) is 68.7 Å². The van der Waals surface area contributed by atoms with Gasteiger partial charge in [-0.3, -0.25) is 14.9 Å². The van der Waals surface area contributed by atoms with Crippen molar-refractivity contribution in [3.8, 4) is 0 Å². The summed E-state index contributed by atoms with van der Waals surface area (Å²) in [4.78, 5) is 35.6. The number of benzene rings is 2. The molecule has 2 aromatic carbocycles. The van der Waals surface area contributed by atoms with Crippen LogP contribution in [0.25, 0.3) is 0 Å². The van der Waals surface area contributed by atoms with Crippen molar-refractivity contribution in [2.45, 2.75) is 6.54 Å². The molecular weight excluding hydrogens is 374 g/mol. The summed E-state index contributed by atoms with van der Waals surface area (Å²) in [6, 6.07) is 11.0. The molecule has 1 amide bonds. The molecule has 0 unspecified atom stereocenters. The van der Waals surface area contributed by atoms with Gasteiger partial charge in [0.05, 0.1) is 10.5 Å². The number of ether oxygens (including phenoxy) is 1. The first-order valence-electron chi connectivity index (χ1n) is 7.92. The maximum Gasteiger partial charge on any atom is 0.341 e. The summed E-state index contributed by atoms with van der Waals surface area (Å²) in [6.45, 7) is -0.160. The summed E-state index contributed by atoms with van der Waals surface area (Å²) in [5, 5.41) is 14.6. The minimum absolute atomic E-state index is 0.0391. The molecule has 0 atom stereocenters. The molecule has 142 valence electrons. The molecule has 2 rings (SSSR count). The van der Waals surface area contributed by atoms with Crippen LogP contribution in [-0.4, -0.2) is 42.4 Å². The minimum atomic E-state index is -0.837. The number of halogens is 1. The average Bonchev–Trinajstić information content (AvgIpc) is 2.64. The zero-order chi connectivity index (χ0) is 20.0. The summed E-state index contributed by atoms with van der Waals surface area (Å²) < 4.78 is 4.98. The molecular formula is C18H18ClN3O5. The molecule has 1 N–H and O–H groups in total. The fraction of sp³-hybridized carbons (Fsp3) is 0.222. The molecule has 0 aliphatic heterocycles. The van der Waals surface area contributed by atoms with Crippen molar-refractivity contribution in [1.29, 1.82) is 0 Å². The number of anilines is 1. The molecule has 9 heteroatoms. The SMILES string of the molecule is CN(C)C(=O)COC(=O)c1cc([N+](=O)[O-])ccc1NCc1ccccc1Cl. The number of carbonyl (C=O) groups is 2. The first-order chi connectivity index (χ1) is 12.8. The Hall–Kier alpha value is -3.13. The quantitative estimate of drug-likeness (QED) is 0.442. The van der Waals surface area contributed by atoms with Gasteiger partial charge in [0.15, 0.2) is 6.61 Å². The number of likely N-dealkylation sites (N-methyl/N-ethyl adjacent to an activating group) is 1. The van der Waals surface area contributed by atoms with Gasteiger partial charge in [-0.2, -0.15) is 0 Å². The maximum atomic E-state index is 12.4. The topological polar surface area (TPSA) is 102 Å². The van der Waals surface area contributed by atoms with Gasteiger partial charge < -0.3 is 15.0 Å². The smallest absolute Gasteiger partial charge is 0.341 e. The second-order valence-electron chi connectivity index (χ2n) is 5.80. The van der Waals surface area contributed by atoms with Gasteiger partial charge >= 0.3 is 5.97 Å². The van der Waals surface area contributed by atoms with Crippen LogP contribution in [0, 0.1) is 10.1 Å². The van der Waals surface area contributed by atoms with Crippen LogP contribution in [-0.2, 0) is 16.1 Å². The number of carbonyl (C=O) groups excluding carboxylic acids is 2. The van der Waals surface area contributed by atoms with Gasteiger partial charge in [-0.05, 0) is 17.7 Å². The third-order valence-corrected chi connectivity index (χ3v) is 4.06. The third kappa shape index (κ3) is 5.42. The second-order valence-corrected chi connectivity index (χ2v) is 6.20. The lowest BCUT2D eigenvalue weighted by molar-refractivity contribution is -0.384. The van der Waals surface area contributed by atoms with Crippen LogP contribution < -0.4 is 5.32 Å². The third-order valence-electron chi connectivity index (χ3n) is 3.69. The normalized spacial score (nSPS) is 10.2. The zero-order valence-electron chi connectivity index (χ0n) is 14.8. The summed E-state index contributed by atoms with van der Waals surface area (Å²) in [5.41, 5.74) is 0.828. The van der Waals surface area contributed by atoms with Crippen molar-refractivity contribution in [1.82, 2.24) is 4.90 Å². The first kappa shape index (κ1) is 20.2. The highest BCUT2D eigenvalue weighted by Crippen LogP contribution is 2.25. The Kier molecular flexibility index (Phi) is 6.73. The van der Waals surface area contributed by atoms with E-state index >= 15 is 0 Å². The van der Waals surface area contributed by atoms with E-state index in [0.717, 1.165) is 11.6 Å². The van der Waals surface area contributed by atoms with Crippen molar-refractivity contribution >= 4 is 34.9 Å². The molecule has 27 heavy (non-hydrogen) atoms. The summed E-state index contributed by atoms with van der Waals surface area (Å²) in [7, 11) is 3.06. The monoisotopic (exact) mass is 391 g/mol. The van der Waals surface area contributed by atoms with E-state index in [9.17, 15) is 19.7 Å². The van der Waals surface area contributed by atoms with Gasteiger partial charge in [-0.25, -0.2) is 4.79 Å². The lowest BCUT2D eigenvalue weighted by atomic mass is 10.1. The van der Waals surface area contributed by atoms with Crippen LogP contribution in [0.5, 0.6) is 0 Å². The minimum Gasteiger partial charge on any atom is -0.452 e. The molecule has 0 saturated carbocycles. The molecule has 0 aromatic heterocycles. The van der Waals surface area contributed by atoms with E-state index in [1.807, 2.05) is 12.1 Å². The molecule has 0 aliphatic carbocycles. The number of rotatable bonds is 7. The number of nitrogens with one attached hydrogen (secondary N) is 1. The van der Waals surface area contributed by atoms with Crippen molar-refractivity contribution in [2.24, 2.45) is 0 Å². The van der Waals surface area contributed by atoms with Gasteiger partial charge in [0.25, 0.3) is 11.6 Å². The predicted octanol–water partition coefficient (Wildman–Crippen LogP) is 3.11. The number of nitro groups is 1.